The zero-order valence-electron chi connectivity index (χ0n) is 11.2. The van der Waals surface area contributed by atoms with Crippen LogP contribution in [-0.2, 0) is 11.3 Å². The molecule has 0 radical (unpaired) electrons. The molecule has 0 saturated carbocycles. The molecule has 0 bridgehead atoms. The molecule has 1 aromatic rings. The third-order valence-corrected chi connectivity index (χ3v) is 3.29. The van der Waals surface area contributed by atoms with Gasteiger partial charge in [0.15, 0.2) is 0 Å². The lowest BCUT2D eigenvalue weighted by Gasteiger charge is -2.30. The molecule has 1 atom stereocenters. The second kappa shape index (κ2) is 5.33. The molecule has 1 N–H and O–H groups in total. The molecule has 1 unspecified atom stereocenters. The quantitative estimate of drug-likeness (QED) is 0.882. The SMILES string of the molecule is CNc1cc(C)nc(CN2CCCC(C)C2=O)n1. The van der Waals surface area contributed by atoms with Crippen molar-refractivity contribution in [3.63, 3.8) is 0 Å². The number of nitrogens with one attached hydrogen (secondary N) is 1. The van der Waals surface area contributed by atoms with Gasteiger partial charge < -0.3 is 10.2 Å². The van der Waals surface area contributed by atoms with Crippen molar-refractivity contribution in [1.82, 2.24) is 14.9 Å². The molecule has 0 aromatic carbocycles. The van der Waals surface area contributed by atoms with Crippen LogP contribution < -0.4 is 5.32 Å². The lowest BCUT2D eigenvalue weighted by atomic mass is 9.99. The number of amides is 1. The number of hydrogen-bond acceptors (Lipinski definition) is 4. The van der Waals surface area contributed by atoms with Gasteiger partial charge in [-0.2, -0.15) is 0 Å². The molecule has 18 heavy (non-hydrogen) atoms. The topological polar surface area (TPSA) is 58.1 Å². The summed E-state index contributed by atoms with van der Waals surface area (Å²) in [7, 11) is 1.83. The first-order valence-electron chi connectivity index (χ1n) is 6.41. The molecule has 1 aliphatic rings. The van der Waals surface area contributed by atoms with Gasteiger partial charge in [-0.05, 0) is 19.8 Å². The number of aromatic nitrogens is 2. The summed E-state index contributed by atoms with van der Waals surface area (Å²) in [6, 6.07) is 1.89. The zero-order chi connectivity index (χ0) is 13.1. The minimum Gasteiger partial charge on any atom is -0.373 e. The summed E-state index contributed by atoms with van der Waals surface area (Å²) < 4.78 is 0. The zero-order valence-corrected chi connectivity index (χ0v) is 11.2. The molecule has 1 aliphatic heterocycles. The van der Waals surface area contributed by atoms with Crippen LogP contribution in [-0.4, -0.2) is 34.4 Å². The minimum atomic E-state index is 0.132. The van der Waals surface area contributed by atoms with Gasteiger partial charge in [0.25, 0.3) is 0 Å². The van der Waals surface area contributed by atoms with Gasteiger partial charge in [0, 0.05) is 31.3 Å². The molecule has 1 amide bonds. The second-order valence-electron chi connectivity index (χ2n) is 4.86. The van der Waals surface area contributed by atoms with E-state index in [0.717, 1.165) is 30.9 Å². The van der Waals surface area contributed by atoms with Crippen molar-refractivity contribution >= 4 is 11.7 Å². The van der Waals surface area contributed by atoms with Crippen LogP contribution in [0.1, 0.15) is 31.3 Å². The Bertz CT molecular complexity index is 447. The average Bonchev–Trinajstić information content (AvgIpc) is 2.34. The van der Waals surface area contributed by atoms with Crippen molar-refractivity contribution in [2.24, 2.45) is 5.92 Å². The first kappa shape index (κ1) is 12.8. The van der Waals surface area contributed by atoms with E-state index >= 15 is 0 Å². The molecule has 0 spiro atoms. The van der Waals surface area contributed by atoms with Gasteiger partial charge in [-0.15, -0.1) is 0 Å². The summed E-state index contributed by atoms with van der Waals surface area (Å²) in [5.41, 5.74) is 0.918. The number of carbonyl (C=O) groups is 1. The largest absolute Gasteiger partial charge is 0.373 e. The standard InChI is InChI=1S/C13H20N4O/c1-9-5-4-6-17(13(9)18)8-12-15-10(2)7-11(14-3)16-12/h7,9H,4-6,8H2,1-3H3,(H,14,15,16). The van der Waals surface area contributed by atoms with Gasteiger partial charge in [-0.3, -0.25) is 4.79 Å². The van der Waals surface area contributed by atoms with Gasteiger partial charge in [0.2, 0.25) is 5.91 Å². The number of rotatable bonds is 3. The van der Waals surface area contributed by atoms with Crippen molar-refractivity contribution < 1.29 is 4.79 Å². The molecule has 1 aromatic heterocycles. The Balaban J connectivity index is 2.13. The van der Waals surface area contributed by atoms with Crippen molar-refractivity contribution in [2.75, 3.05) is 18.9 Å². The molecule has 2 heterocycles. The molecule has 98 valence electrons. The molecule has 1 saturated heterocycles. The summed E-state index contributed by atoms with van der Waals surface area (Å²) in [5.74, 6) is 1.86. The summed E-state index contributed by atoms with van der Waals surface area (Å²) in [4.78, 5) is 22.7. The third kappa shape index (κ3) is 2.78. The number of carbonyl (C=O) groups excluding carboxylic acids is 1. The molecule has 5 nitrogen and oxygen atoms in total. The molecule has 5 heteroatoms. The Morgan fingerprint density at radius 3 is 3.00 bits per heavy atom. The van der Waals surface area contributed by atoms with Gasteiger partial charge in [0.1, 0.15) is 11.6 Å². The van der Waals surface area contributed by atoms with Crippen molar-refractivity contribution in [2.45, 2.75) is 33.2 Å². The highest BCUT2D eigenvalue weighted by atomic mass is 16.2. The third-order valence-electron chi connectivity index (χ3n) is 3.29. The number of hydrogen-bond donors (Lipinski definition) is 1. The fourth-order valence-electron chi connectivity index (χ4n) is 2.29. The molecular weight excluding hydrogens is 228 g/mol. The Hall–Kier alpha value is -1.65. The smallest absolute Gasteiger partial charge is 0.225 e. The molecular formula is C13H20N4O. The summed E-state index contributed by atoms with van der Waals surface area (Å²) in [6.07, 6.45) is 2.06. The van der Waals surface area contributed by atoms with Crippen LogP contribution in [0.5, 0.6) is 0 Å². The van der Waals surface area contributed by atoms with Crippen molar-refractivity contribution in [1.29, 1.82) is 0 Å². The lowest BCUT2D eigenvalue weighted by molar-refractivity contribution is -0.138. The van der Waals surface area contributed by atoms with E-state index in [1.54, 1.807) is 0 Å². The molecule has 2 rings (SSSR count). The first-order valence-corrected chi connectivity index (χ1v) is 6.41. The van der Waals surface area contributed by atoms with Crippen molar-refractivity contribution in [3.05, 3.63) is 17.6 Å². The van der Waals surface area contributed by atoms with Gasteiger partial charge >= 0.3 is 0 Å². The normalized spacial score (nSPS) is 20.1. The highest BCUT2D eigenvalue weighted by molar-refractivity contribution is 5.79. The highest BCUT2D eigenvalue weighted by Gasteiger charge is 2.25. The highest BCUT2D eigenvalue weighted by Crippen LogP contribution is 2.19. The van der Waals surface area contributed by atoms with Crippen LogP contribution in [0.3, 0.4) is 0 Å². The average molecular weight is 248 g/mol. The number of anilines is 1. The first-order chi connectivity index (χ1) is 8.60. The van der Waals surface area contributed by atoms with E-state index in [9.17, 15) is 4.79 Å². The number of aryl methyl sites for hydroxylation is 1. The number of nitrogens with zero attached hydrogens (tertiary/aromatic N) is 3. The van der Waals surface area contributed by atoms with Gasteiger partial charge in [0.05, 0.1) is 6.54 Å². The van der Waals surface area contributed by atoms with E-state index in [2.05, 4.69) is 15.3 Å². The summed E-state index contributed by atoms with van der Waals surface area (Å²) in [6.45, 7) is 5.26. The predicted octanol–water partition coefficient (Wildman–Crippen LogP) is 1.59. The Morgan fingerprint density at radius 2 is 2.28 bits per heavy atom. The van der Waals surface area contributed by atoms with E-state index in [1.807, 2.05) is 31.9 Å². The van der Waals surface area contributed by atoms with Gasteiger partial charge in [-0.25, -0.2) is 9.97 Å². The Morgan fingerprint density at radius 1 is 1.50 bits per heavy atom. The van der Waals surface area contributed by atoms with E-state index in [1.165, 1.54) is 0 Å². The lowest BCUT2D eigenvalue weighted by Crippen LogP contribution is -2.40. The van der Waals surface area contributed by atoms with Crippen LogP contribution in [0.4, 0.5) is 5.82 Å². The molecule has 1 fully saturated rings. The van der Waals surface area contributed by atoms with E-state index in [-0.39, 0.29) is 11.8 Å². The van der Waals surface area contributed by atoms with Gasteiger partial charge in [-0.1, -0.05) is 6.92 Å². The van der Waals surface area contributed by atoms with E-state index in [0.29, 0.717) is 12.4 Å². The van der Waals surface area contributed by atoms with E-state index in [4.69, 9.17) is 0 Å². The van der Waals surface area contributed by atoms with E-state index < -0.39 is 0 Å². The fourth-order valence-corrected chi connectivity index (χ4v) is 2.29. The summed E-state index contributed by atoms with van der Waals surface area (Å²) in [5, 5.41) is 3.01. The monoisotopic (exact) mass is 248 g/mol. The Labute approximate surface area is 108 Å². The minimum absolute atomic E-state index is 0.132. The Kier molecular flexibility index (Phi) is 3.79. The van der Waals surface area contributed by atoms with Crippen LogP contribution >= 0.6 is 0 Å². The van der Waals surface area contributed by atoms with Crippen LogP contribution in [0.2, 0.25) is 0 Å². The number of likely N-dealkylation sites (tertiary alicyclic amines) is 1. The maximum atomic E-state index is 12.0. The fraction of sp³-hybridized carbons (Fsp3) is 0.615. The number of piperidine rings is 1. The van der Waals surface area contributed by atoms with Crippen molar-refractivity contribution in [3.8, 4) is 0 Å². The predicted molar refractivity (Wildman–Crippen MR) is 70.1 cm³/mol. The molecule has 0 aliphatic carbocycles. The maximum Gasteiger partial charge on any atom is 0.225 e. The van der Waals surface area contributed by atoms with Crippen LogP contribution in [0.15, 0.2) is 6.07 Å². The van der Waals surface area contributed by atoms with Crippen LogP contribution in [0, 0.1) is 12.8 Å². The maximum absolute atomic E-state index is 12.0. The second-order valence-corrected chi connectivity index (χ2v) is 4.86. The van der Waals surface area contributed by atoms with Crippen LogP contribution in [0.25, 0.3) is 0 Å². The summed E-state index contributed by atoms with van der Waals surface area (Å²) >= 11 is 0.